The number of aromatic nitrogens is 2. The van der Waals surface area contributed by atoms with Crippen LogP contribution in [0.15, 0.2) is 6.20 Å². The molecule has 6 heteroatoms. The molecule has 1 fully saturated rings. The highest BCUT2D eigenvalue weighted by Gasteiger charge is 2.16. The maximum absolute atomic E-state index is 13.3. The van der Waals surface area contributed by atoms with Crippen LogP contribution in [-0.4, -0.2) is 29.7 Å². The molecule has 0 atom stereocenters. The number of rotatable bonds is 3. The molecule has 1 aromatic heterocycles. The van der Waals surface area contributed by atoms with Crippen molar-refractivity contribution in [2.75, 3.05) is 24.6 Å². The van der Waals surface area contributed by atoms with Crippen molar-refractivity contribution in [2.24, 2.45) is 0 Å². The Bertz CT molecular complexity index is 426. The van der Waals surface area contributed by atoms with Gasteiger partial charge < -0.3 is 9.64 Å². The van der Waals surface area contributed by atoms with Crippen LogP contribution in [0.5, 0.6) is 5.88 Å². The summed E-state index contributed by atoms with van der Waals surface area (Å²) in [6, 6.07) is 1.78. The molecule has 1 aromatic rings. The minimum Gasteiger partial charge on any atom is -0.460 e. The second-order valence-corrected chi connectivity index (χ2v) is 3.82. The molecule has 0 amide bonds. The van der Waals surface area contributed by atoms with Gasteiger partial charge in [-0.1, -0.05) is 0 Å². The largest absolute Gasteiger partial charge is 0.460 e. The molecule has 0 bridgehead atoms. The summed E-state index contributed by atoms with van der Waals surface area (Å²) in [6.07, 6.45) is 4.48. The lowest BCUT2D eigenvalue weighted by atomic mass is 10.1. The highest BCUT2D eigenvalue weighted by molar-refractivity contribution is 5.33. The lowest BCUT2D eigenvalue weighted by molar-refractivity contribution is 0.329. The predicted octanol–water partition coefficient (Wildman–Crippen LogP) is 1.51. The first-order valence-electron chi connectivity index (χ1n) is 5.58. The number of hydrogen-bond acceptors (Lipinski definition) is 5. The van der Waals surface area contributed by atoms with Crippen LogP contribution in [0.4, 0.5) is 10.3 Å². The third-order valence-electron chi connectivity index (χ3n) is 2.61. The summed E-state index contributed by atoms with van der Waals surface area (Å²) in [6.45, 7) is 1.54. The van der Waals surface area contributed by atoms with Crippen molar-refractivity contribution in [1.29, 1.82) is 5.26 Å². The molecule has 1 aliphatic heterocycles. The van der Waals surface area contributed by atoms with Crippen molar-refractivity contribution >= 4 is 5.95 Å². The van der Waals surface area contributed by atoms with E-state index in [1.807, 2.05) is 4.90 Å². The van der Waals surface area contributed by atoms with Gasteiger partial charge in [0.15, 0.2) is 6.61 Å². The minimum atomic E-state index is -0.638. The standard InChI is InChI=1S/C11H13FN4O/c12-9-8-14-11(15-10(9)17-7-4-13)16-5-2-1-3-6-16/h8H,1-3,5-7H2. The Balaban J connectivity index is 2.14. The number of ether oxygens (including phenoxy) is 1. The first-order chi connectivity index (χ1) is 8.31. The van der Waals surface area contributed by atoms with E-state index in [4.69, 9.17) is 10.00 Å². The second kappa shape index (κ2) is 5.43. The van der Waals surface area contributed by atoms with Crippen LogP contribution in [-0.2, 0) is 0 Å². The van der Waals surface area contributed by atoms with E-state index >= 15 is 0 Å². The molecule has 0 aromatic carbocycles. The van der Waals surface area contributed by atoms with E-state index in [1.54, 1.807) is 6.07 Å². The Morgan fingerprint density at radius 2 is 2.18 bits per heavy atom. The van der Waals surface area contributed by atoms with Gasteiger partial charge in [0.25, 0.3) is 5.88 Å². The third-order valence-corrected chi connectivity index (χ3v) is 2.61. The fourth-order valence-corrected chi connectivity index (χ4v) is 1.79. The van der Waals surface area contributed by atoms with Gasteiger partial charge in [-0.3, -0.25) is 0 Å². The summed E-state index contributed by atoms with van der Waals surface area (Å²) >= 11 is 0. The molecular formula is C11H13FN4O. The van der Waals surface area contributed by atoms with Crippen LogP contribution in [0, 0.1) is 17.1 Å². The van der Waals surface area contributed by atoms with Gasteiger partial charge in [0.05, 0.1) is 6.20 Å². The van der Waals surface area contributed by atoms with Crippen LogP contribution >= 0.6 is 0 Å². The highest BCUT2D eigenvalue weighted by Crippen LogP contribution is 2.20. The van der Waals surface area contributed by atoms with Crippen molar-refractivity contribution in [3.8, 4) is 11.9 Å². The molecule has 1 aliphatic rings. The SMILES string of the molecule is N#CCOc1nc(N2CCCCC2)ncc1F. The molecule has 2 rings (SSSR count). The number of anilines is 1. The number of halogens is 1. The van der Waals surface area contributed by atoms with Gasteiger partial charge in [-0.05, 0) is 19.3 Å². The molecule has 0 unspecified atom stereocenters. The first-order valence-corrected chi connectivity index (χ1v) is 5.58. The fourth-order valence-electron chi connectivity index (χ4n) is 1.79. The smallest absolute Gasteiger partial charge is 0.256 e. The van der Waals surface area contributed by atoms with Crippen molar-refractivity contribution < 1.29 is 9.13 Å². The van der Waals surface area contributed by atoms with E-state index in [0.29, 0.717) is 5.95 Å². The molecule has 0 aliphatic carbocycles. The van der Waals surface area contributed by atoms with Gasteiger partial charge in [0.2, 0.25) is 11.8 Å². The van der Waals surface area contributed by atoms with Gasteiger partial charge in [-0.25, -0.2) is 4.98 Å². The normalized spacial score (nSPS) is 15.4. The van der Waals surface area contributed by atoms with Crippen LogP contribution in [0.3, 0.4) is 0 Å². The van der Waals surface area contributed by atoms with E-state index in [2.05, 4.69) is 9.97 Å². The molecule has 0 spiro atoms. The molecule has 1 saturated heterocycles. The Hall–Kier alpha value is -1.90. The Kier molecular flexibility index (Phi) is 3.70. The maximum Gasteiger partial charge on any atom is 0.256 e. The predicted molar refractivity (Wildman–Crippen MR) is 59.2 cm³/mol. The van der Waals surface area contributed by atoms with Crippen LogP contribution < -0.4 is 9.64 Å². The van der Waals surface area contributed by atoms with Gasteiger partial charge in [-0.15, -0.1) is 0 Å². The summed E-state index contributed by atoms with van der Waals surface area (Å²) in [5.41, 5.74) is 0. The zero-order chi connectivity index (χ0) is 12.1. The van der Waals surface area contributed by atoms with E-state index in [1.165, 1.54) is 6.42 Å². The van der Waals surface area contributed by atoms with E-state index < -0.39 is 5.82 Å². The average Bonchev–Trinajstić information content (AvgIpc) is 2.39. The number of nitrogens with zero attached hydrogens (tertiary/aromatic N) is 4. The topological polar surface area (TPSA) is 62.0 Å². The maximum atomic E-state index is 13.3. The Labute approximate surface area is 98.9 Å². The molecule has 5 nitrogen and oxygen atoms in total. The van der Waals surface area contributed by atoms with Crippen molar-refractivity contribution in [2.45, 2.75) is 19.3 Å². The third kappa shape index (κ3) is 2.81. The van der Waals surface area contributed by atoms with E-state index in [0.717, 1.165) is 32.1 Å². The van der Waals surface area contributed by atoms with Crippen LogP contribution in [0.2, 0.25) is 0 Å². The second-order valence-electron chi connectivity index (χ2n) is 3.82. The minimum absolute atomic E-state index is 0.151. The van der Waals surface area contributed by atoms with E-state index in [9.17, 15) is 4.39 Å². The summed E-state index contributed by atoms with van der Waals surface area (Å²) in [7, 11) is 0. The van der Waals surface area contributed by atoms with E-state index in [-0.39, 0.29) is 12.5 Å². The molecule has 17 heavy (non-hydrogen) atoms. The van der Waals surface area contributed by atoms with Crippen molar-refractivity contribution in [3.05, 3.63) is 12.0 Å². The number of hydrogen-bond donors (Lipinski definition) is 0. The first kappa shape index (κ1) is 11.6. The Morgan fingerprint density at radius 3 is 2.88 bits per heavy atom. The van der Waals surface area contributed by atoms with Crippen LogP contribution in [0.25, 0.3) is 0 Å². The number of piperidine rings is 1. The molecule has 2 heterocycles. The average molecular weight is 236 g/mol. The van der Waals surface area contributed by atoms with Gasteiger partial charge in [0, 0.05) is 13.1 Å². The number of nitriles is 1. The molecule has 0 N–H and O–H groups in total. The zero-order valence-electron chi connectivity index (χ0n) is 9.40. The Morgan fingerprint density at radius 1 is 1.41 bits per heavy atom. The monoisotopic (exact) mass is 236 g/mol. The lowest BCUT2D eigenvalue weighted by Gasteiger charge is -2.26. The van der Waals surface area contributed by atoms with Gasteiger partial charge in [0.1, 0.15) is 6.07 Å². The lowest BCUT2D eigenvalue weighted by Crippen LogP contribution is -2.31. The quantitative estimate of drug-likeness (QED) is 0.796. The summed E-state index contributed by atoms with van der Waals surface area (Å²) in [4.78, 5) is 9.95. The fraction of sp³-hybridized carbons (Fsp3) is 0.545. The van der Waals surface area contributed by atoms with Crippen LogP contribution in [0.1, 0.15) is 19.3 Å². The van der Waals surface area contributed by atoms with Crippen molar-refractivity contribution in [1.82, 2.24) is 9.97 Å². The summed E-state index contributed by atoms with van der Waals surface area (Å²) in [5, 5.41) is 8.39. The molecule has 0 saturated carbocycles. The zero-order valence-corrected chi connectivity index (χ0v) is 9.40. The molecule has 90 valence electrons. The van der Waals surface area contributed by atoms with Gasteiger partial charge >= 0.3 is 0 Å². The van der Waals surface area contributed by atoms with Crippen molar-refractivity contribution in [3.63, 3.8) is 0 Å². The highest BCUT2D eigenvalue weighted by atomic mass is 19.1. The molecule has 0 radical (unpaired) electrons. The van der Waals surface area contributed by atoms with Gasteiger partial charge in [-0.2, -0.15) is 14.6 Å². The molecular weight excluding hydrogens is 223 g/mol. The summed E-state index contributed by atoms with van der Waals surface area (Å²) < 4.78 is 18.2. The summed E-state index contributed by atoms with van der Waals surface area (Å²) in [5.74, 6) is -0.317.